The van der Waals surface area contributed by atoms with Gasteiger partial charge in [-0.3, -0.25) is 4.79 Å². The Hall–Kier alpha value is -0.900. The first-order chi connectivity index (χ1) is 8.69. The Morgan fingerprint density at radius 3 is 3.06 bits per heavy atom. The summed E-state index contributed by atoms with van der Waals surface area (Å²) >= 11 is 5.87. The van der Waals surface area contributed by atoms with Gasteiger partial charge in [-0.2, -0.15) is 0 Å². The van der Waals surface area contributed by atoms with Gasteiger partial charge in [-0.15, -0.1) is 0 Å². The van der Waals surface area contributed by atoms with E-state index in [2.05, 4.69) is 4.90 Å². The van der Waals surface area contributed by atoms with Crippen molar-refractivity contribution in [3.05, 3.63) is 34.9 Å². The summed E-state index contributed by atoms with van der Waals surface area (Å²) in [6.45, 7) is 2.74. The lowest BCUT2D eigenvalue weighted by Crippen LogP contribution is -2.25. The molecule has 1 fully saturated rings. The fourth-order valence-corrected chi connectivity index (χ4v) is 2.45. The van der Waals surface area contributed by atoms with E-state index >= 15 is 0 Å². The van der Waals surface area contributed by atoms with E-state index in [0.29, 0.717) is 23.1 Å². The molecule has 0 saturated carbocycles. The van der Waals surface area contributed by atoms with Crippen LogP contribution in [-0.4, -0.2) is 43.5 Å². The van der Waals surface area contributed by atoms with Gasteiger partial charge in [0.25, 0.3) is 0 Å². The Balaban J connectivity index is 1.82. The first-order valence-electron chi connectivity index (χ1n) is 6.23. The number of ketones is 1. The molecule has 98 valence electrons. The Kier molecular flexibility index (Phi) is 4.75. The molecule has 0 amide bonds. The highest BCUT2D eigenvalue weighted by molar-refractivity contribution is 6.31. The van der Waals surface area contributed by atoms with E-state index in [1.54, 1.807) is 19.2 Å². The van der Waals surface area contributed by atoms with E-state index in [9.17, 15) is 4.79 Å². The van der Waals surface area contributed by atoms with Crippen LogP contribution in [0.2, 0.25) is 5.02 Å². The summed E-state index contributed by atoms with van der Waals surface area (Å²) in [4.78, 5) is 14.3. The number of benzene rings is 1. The van der Waals surface area contributed by atoms with Crippen LogP contribution in [0.25, 0.3) is 0 Å². The van der Waals surface area contributed by atoms with Gasteiger partial charge < -0.3 is 9.64 Å². The molecule has 0 N–H and O–H groups in total. The SMILES string of the molecule is COC1CCN(CCC(=O)c2cccc(Cl)c2)C1. The molecule has 18 heavy (non-hydrogen) atoms. The van der Waals surface area contributed by atoms with Crippen molar-refractivity contribution >= 4 is 17.4 Å². The summed E-state index contributed by atoms with van der Waals surface area (Å²) in [5.74, 6) is 0.151. The summed E-state index contributed by atoms with van der Waals surface area (Å²) in [6.07, 6.45) is 1.92. The summed E-state index contributed by atoms with van der Waals surface area (Å²) < 4.78 is 5.30. The molecule has 0 aliphatic carbocycles. The summed E-state index contributed by atoms with van der Waals surface area (Å²) in [7, 11) is 1.74. The number of methoxy groups -OCH3 is 1. The highest BCUT2D eigenvalue weighted by Crippen LogP contribution is 2.15. The van der Waals surface area contributed by atoms with Crippen LogP contribution in [0.5, 0.6) is 0 Å². The maximum Gasteiger partial charge on any atom is 0.164 e. The Bertz CT molecular complexity index is 422. The molecule has 0 radical (unpaired) electrons. The van der Waals surface area contributed by atoms with Gasteiger partial charge in [0, 0.05) is 43.8 Å². The number of halogens is 1. The molecule has 1 saturated heterocycles. The van der Waals surface area contributed by atoms with Crippen molar-refractivity contribution in [3.8, 4) is 0 Å². The smallest absolute Gasteiger partial charge is 0.164 e. The largest absolute Gasteiger partial charge is 0.380 e. The van der Waals surface area contributed by atoms with Crippen LogP contribution in [0.15, 0.2) is 24.3 Å². The zero-order valence-corrected chi connectivity index (χ0v) is 11.3. The second-order valence-corrected chi connectivity index (χ2v) is 5.07. The second kappa shape index (κ2) is 6.32. The minimum Gasteiger partial charge on any atom is -0.380 e. The van der Waals surface area contributed by atoms with Crippen LogP contribution in [0.3, 0.4) is 0 Å². The molecule has 1 aliphatic heterocycles. The van der Waals surface area contributed by atoms with E-state index in [1.807, 2.05) is 12.1 Å². The zero-order chi connectivity index (χ0) is 13.0. The van der Waals surface area contributed by atoms with Crippen molar-refractivity contribution < 1.29 is 9.53 Å². The van der Waals surface area contributed by atoms with Crippen LogP contribution in [0.4, 0.5) is 0 Å². The van der Waals surface area contributed by atoms with Gasteiger partial charge in [-0.05, 0) is 18.6 Å². The molecule has 0 spiro atoms. The summed E-state index contributed by atoms with van der Waals surface area (Å²) in [5.41, 5.74) is 0.699. The van der Waals surface area contributed by atoms with Crippen molar-refractivity contribution in [2.75, 3.05) is 26.7 Å². The average Bonchev–Trinajstić information content (AvgIpc) is 2.84. The molecule has 0 bridgehead atoms. The molecular weight excluding hydrogens is 250 g/mol. The number of ether oxygens (including phenoxy) is 1. The number of hydrogen-bond acceptors (Lipinski definition) is 3. The molecule has 1 aromatic carbocycles. The van der Waals surface area contributed by atoms with Crippen LogP contribution >= 0.6 is 11.6 Å². The van der Waals surface area contributed by atoms with E-state index in [1.165, 1.54) is 0 Å². The van der Waals surface area contributed by atoms with Gasteiger partial charge in [-0.25, -0.2) is 0 Å². The predicted octanol–water partition coefficient (Wildman–Crippen LogP) is 2.63. The van der Waals surface area contributed by atoms with Crippen molar-refractivity contribution in [1.82, 2.24) is 4.90 Å². The van der Waals surface area contributed by atoms with Gasteiger partial charge in [-0.1, -0.05) is 23.7 Å². The van der Waals surface area contributed by atoms with E-state index in [0.717, 1.165) is 26.1 Å². The maximum atomic E-state index is 12.0. The predicted molar refractivity (Wildman–Crippen MR) is 72.3 cm³/mol. The van der Waals surface area contributed by atoms with Crippen LogP contribution in [0, 0.1) is 0 Å². The third-order valence-electron chi connectivity index (χ3n) is 3.36. The highest BCUT2D eigenvalue weighted by atomic mass is 35.5. The number of carbonyl (C=O) groups excluding carboxylic acids is 1. The summed E-state index contributed by atoms with van der Waals surface area (Å²) in [6, 6.07) is 7.14. The van der Waals surface area contributed by atoms with Gasteiger partial charge in [0.15, 0.2) is 5.78 Å². The third-order valence-corrected chi connectivity index (χ3v) is 3.60. The van der Waals surface area contributed by atoms with Gasteiger partial charge >= 0.3 is 0 Å². The molecule has 4 heteroatoms. The van der Waals surface area contributed by atoms with Crippen molar-refractivity contribution in [2.45, 2.75) is 18.9 Å². The minimum absolute atomic E-state index is 0.151. The van der Waals surface area contributed by atoms with Crippen molar-refractivity contribution in [1.29, 1.82) is 0 Å². The average molecular weight is 268 g/mol. The van der Waals surface area contributed by atoms with Crippen LogP contribution < -0.4 is 0 Å². The Morgan fingerprint density at radius 2 is 2.39 bits per heavy atom. The molecule has 1 heterocycles. The van der Waals surface area contributed by atoms with Crippen molar-refractivity contribution in [3.63, 3.8) is 0 Å². The Labute approximate surface area is 113 Å². The van der Waals surface area contributed by atoms with E-state index in [-0.39, 0.29) is 5.78 Å². The highest BCUT2D eigenvalue weighted by Gasteiger charge is 2.22. The zero-order valence-electron chi connectivity index (χ0n) is 10.6. The summed E-state index contributed by atoms with van der Waals surface area (Å²) in [5, 5.41) is 0.612. The minimum atomic E-state index is 0.151. The van der Waals surface area contributed by atoms with E-state index in [4.69, 9.17) is 16.3 Å². The number of Topliss-reactive ketones (excluding diaryl/α,β-unsaturated/α-hetero) is 1. The fraction of sp³-hybridized carbons (Fsp3) is 0.500. The Morgan fingerprint density at radius 1 is 1.56 bits per heavy atom. The first kappa shape index (κ1) is 13.5. The molecule has 0 aromatic heterocycles. The number of likely N-dealkylation sites (tertiary alicyclic amines) is 1. The molecule has 3 nitrogen and oxygen atoms in total. The van der Waals surface area contributed by atoms with Crippen LogP contribution in [-0.2, 0) is 4.74 Å². The third kappa shape index (κ3) is 3.55. The van der Waals surface area contributed by atoms with Crippen molar-refractivity contribution in [2.24, 2.45) is 0 Å². The standard InChI is InChI=1S/C14H18ClNO2/c1-18-13-5-7-16(10-13)8-6-14(17)11-3-2-4-12(15)9-11/h2-4,9,13H,5-8,10H2,1H3. The van der Waals surface area contributed by atoms with Gasteiger partial charge in [0.2, 0.25) is 0 Å². The molecule has 1 unspecified atom stereocenters. The lowest BCUT2D eigenvalue weighted by atomic mass is 10.1. The molecule has 1 atom stereocenters. The normalized spacial score (nSPS) is 20.2. The number of nitrogens with zero attached hydrogens (tertiary/aromatic N) is 1. The fourth-order valence-electron chi connectivity index (χ4n) is 2.26. The number of carbonyl (C=O) groups is 1. The molecule has 2 rings (SSSR count). The quantitative estimate of drug-likeness (QED) is 0.768. The lowest BCUT2D eigenvalue weighted by molar-refractivity contribution is 0.0944. The molecular formula is C14H18ClNO2. The van der Waals surface area contributed by atoms with Gasteiger partial charge in [0.05, 0.1) is 6.10 Å². The maximum absolute atomic E-state index is 12.0. The monoisotopic (exact) mass is 267 g/mol. The molecule has 1 aliphatic rings. The van der Waals surface area contributed by atoms with Crippen LogP contribution in [0.1, 0.15) is 23.2 Å². The van der Waals surface area contributed by atoms with E-state index < -0.39 is 0 Å². The lowest BCUT2D eigenvalue weighted by Gasteiger charge is -2.14. The first-order valence-corrected chi connectivity index (χ1v) is 6.61. The molecule has 1 aromatic rings. The number of rotatable bonds is 5. The number of hydrogen-bond donors (Lipinski definition) is 0. The van der Waals surface area contributed by atoms with Gasteiger partial charge in [0.1, 0.15) is 0 Å². The topological polar surface area (TPSA) is 29.5 Å². The second-order valence-electron chi connectivity index (χ2n) is 4.63.